The number of aliphatic hydroxyl groups is 1. The molecule has 0 spiro atoms. The van der Waals surface area contributed by atoms with Crippen LogP contribution in [0, 0.1) is 34.6 Å². The van der Waals surface area contributed by atoms with Crippen LogP contribution in [0.25, 0.3) is 0 Å². The minimum atomic E-state index is -0.526. The van der Waals surface area contributed by atoms with Gasteiger partial charge in [-0.15, -0.1) is 0 Å². The second kappa shape index (κ2) is 5.53. The highest BCUT2D eigenvalue weighted by Crippen LogP contribution is 2.25. The third-order valence-electron chi connectivity index (χ3n) is 3.79. The van der Waals surface area contributed by atoms with Gasteiger partial charge in [-0.2, -0.15) is 0 Å². The van der Waals surface area contributed by atoms with Gasteiger partial charge in [0.1, 0.15) is 0 Å². The van der Waals surface area contributed by atoms with Gasteiger partial charge in [-0.25, -0.2) is 0 Å². The van der Waals surface area contributed by atoms with Gasteiger partial charge in [0.15, 0.2) is 0 Å². The standard InChI is InChI=1S/C15H23NO2/c1-8(17)7-16-15(18)14-12(5)10(3)9(2)11(4)13(14)6/h8,17H,7H2,1-6H3,(H,16,18). The first kappa shape index (κ1) is 14.7. The summed E-state index contributed by atoms with van der Waals surface area (Å²) in [7, 11) is 0. The Balaban J connectivity index is 3.21. The molecular formula is C15H23NO2. The lowest BCUT2D eigenvalue weighted by molar-refractivity contribution is 0.0922. The molecule has 1 rings (SSSR count). The summed E-state index contributed by atoms with van der Waals surface area (Å²) in [5, 5.41) is 12.0. The van der Waals surface area contributed by atoms with Crippen LogP contribution in [0.2, 0.25) is 0 Å². The van der Waals surface area contributed by atoms with Crippen molar-refractivity contribution < 1.29 is 9.90 Å². The number of carbonyl (C=O) groups is 1. The molecule has 0 fully saturated rings. The number of carbonyl (C=O) groups excluding carboxylic acids is 1. The highest BCUT2D eigenvalue weighted by atomic mass is 16.3. The van der Waals surface area contributed by atoms with Crippen molar-refractivity contribution in [3.05, 3.63) is 33.4 Å². The lowest BCUT2D eigenvalue weighted by Crippen LogP contribution is -2.32. The van der Waals surface area contributed by atoms with Crippen LogP contribution in [-0.4, -0.2) is 23.7 Å². The lowest BCUT2D eigenvalue weighted by atomic mass is 9.89. The molecule has 1 unspecified atom stereocenters. The quantitative estimate of drug-likeness (QED) is 0.864. The van der Waals surface area contributed by atoms with Crippen molar-refractivity contribution in [2.75, 3.05) is 6.54 Å². The molecule has 3 nitrogen and oxygen atoms in total. The summed E-state index contributed by atoms with van der Waals surface area (Å²) < 4.78 is 0. The first-order valence-electron chi connectivity index (χ1n) is 6.30. The van der Waals surface area contributed by atoms with Gasteiger partial charge < -0.3 is 10.4 Å². The summed E-state index contributed by atoms with van der Waals surface area (Å²) in [6, 6.07) is 0. The summed E-state index contributed by atoms with van der Waals surface area (Å²) in [6.45, 7) is 12.1. The van der Waals surface area contributed by atoms with Crippen molar-refractivity contribution in [1.82, 2.24) is 5.32 Å². The molecule has 0 aliphatic rings. The van der Waals surface area contributed by atoms with E-state index >= 15 is 0 Å². The first-order valence-corrected chi connectivity index (χ1v) is 6.30. The van der Waals surface area contributed by atoms with Crippen LogP contribution >= 0.6 is 0 Å². The Morgan fingerprint density at radius 3 is 1.78 bits per heavy atom. The topological polar surface area (TPSA) is 49.3 Å². The molecule has 18 heavy (non-hydrogen) atoms. The Hall–Kier alpha value is -1.35. The Morgan fingerprint density at radius 1 is 1.00 bits per heavy atom. The molecule has 3 heteroatoms. The zero-order valence-electron chi connectivity index (χ0n) is 12.1. The number of hydrogen-bond donors (Lipinski definition) is 2. The van der Waals surface area contributed by atoms with Crippen molar-refractivity contribution >= 4 is 5.91 Å². The SMILES string of the molecule is Cc1c(C)c(C)c(C(=O)NCC(C)O)c(C)c1C. The monoisotopic (exact) mass is 249 g/mol. The summed E-state index contributed by atoms with van der Waals surface area (Å²) in [5.41, 5.74) is 6.38. The molecule has 0 radical (unpaired) electrons. The van der Waals surface area contributed by atoms with E-state index in [4.69, 9.17) is 0 Å². The van der Waals surface area contributed by atoms with Crippen LogP contribution in [0.3, 0.4) is 0 Å². The lowest BCUT2D eigenvalue weighted by Gasteiger charge is -2.18. The number of benzene rings is 1. The molecule has 1 atom stereocenters. The molecule has 0 saturated carbocycles. The van der Waals surface area contributed by atoms with Crippen molar-refractivity contribution in [2.24, 2.45) is 0 Å². The van der Waals surface area contributed by atoms with E-state index in [2.05, 4.69) is 12.2 Å². The van der Waals surface area contributed by atoms with Crippen LogP contribution < -0.4 is 5.32 Å². The molecule has 2 N–H and O–H groups in total. The molecule has 0 saturated heterocycles. The van der Waals surface area contributed by atoms with E-state index in [-0.39, 0.29) is 12.5 Å². The van der Waals surface area contributed by atoms with E-state index in [1.54, 1.807) is 6.92 Å². The highest BCUT2D eigenvalue weighted by Gasteiger charge is 2.17. The third-order valence-corrected chi connectivity index (χ3v) is 3.79. The van der Waals surface area contributed by atoms with Crippen molar-refractivity contribution in [3.63, 3.8) is 0 Å². The van der Waals surface area contributed by atoms with Crippen LogP contribution in [0.5, 0.6) is 0 Å². The van der Waals surface area contributed by atoms with Gasteiger partial charge in [-0.1, -0.05) is 0 Å². The van der Waals surface area contributed by atoms with Crippen molar-refractivity contribution in [3.8, 4) is 0 Å². The molecule has 1 aromatic rings. The number of hydrogen-bond acceptors (Lipinski definition) is 2. The maximum Gasteiger partial charge on any atom is 0.251 e. The number of aliphatic hydroxyl groups excluding tert-OH is 1. The maximum absolute atomic E-state index is 12.2. The van der Waals surface area contributed by atoms with E-state index in [0.29, 0.717) is 0 Å². The van der Waals surface area contributed by atoms with Gasteiger partial charge in [-0.3, -0.25) is 4.79 Å². The van der Waals surface area contributed by atoms with Gasteiger partial charge in [0.25, 0.3) is 5.91 Å². The Kier molecular flexibility index (Phi) is 4.52. The summed E-state index contributed by atoms with van der Waals surface area (Å²) in [4.78, 5) is 12.2. The zero-order valence-corrected chi connectivity index (χ0v) is 12.1. The van der Waals surface area contributed by atoms with Crippen LogP contribution in [-0.2, 0) is 0 Å². The van der Waals surface area contributed by atoms with Gasteiger partial charge in [0.05, 0.1) is 6.10 Å². The molecule has 1 aromatic carbocycles. The summed E-state index contributed by atoms with van der Waals surface area (Å²) >= 11 is 0. The fourth-order valence-electron chi connectivity index (χ4n) is 2.17. The predicted octanol–water partition coefficient (Wildman–Crippen LogP) is 2.34. The van der Waals surface area contributed by atoms with E-state index < -0.39 is 6.10 Å². The fraction of sp³-hybridized carbons (Fsp3) is 0.533. The molecular weight excluding hydrogens is 226 g/mol. The second-order valence-corrected chi connectivity index (χ2v) is 5.06. The molecule has 0 aliphatic carbocycles. The highest BCUT2D eigenvalue weighted by molar-refractivity contribution is 5.98. The smallest absolute Gasteiger partial charge is 0.251 e. The maximum atomic E-state index is 12.2. The predicted molar refractivity (Wildman–Crippen MR) is 74.1 cm³/mol. The first-order chi connectivity index (χ1) is 8.27. The molecule has 0 heterocycles. The minimum Gasteiger partial charge on any atom is -0.392 e. The van der Waals surface area contributed by atoms with E-state index in [1.807, 2.05) is 27.7 Å². The second-order valence-electron chi connectivity index (χ2n) is 5.06. The van der Waals surface area contributed by atoms with Crippen LogP contribution in [0.15, 0.2) is 0 Å². The Bertz CT molecular complexity index is 447. The zero-order chi connectivity index (χ0) is 14.0. The van der Waals surface area contributed by atoms with Gasteiger partial charge in [0, 0.05) is 12.1 Å². The summed E-state index contributed by atoms with van der Waals surface area (Å²) in [5.74, 6) is -0.0999. The normalized spacial score (nSPS) is 12.4. The molecule has 1 amide bonds. The number of nitrogens with one attached hydrogen (secondary N) is 1. The molecule has 0 aromatic heterocycles. The van der Waals surface area contributed by atoms with Gasteiger partial charge >= 0.3 is 0 Å². The number of rotatable bonds is 3. The van der Waals surface area contributed by atoms with Crippen LogP contribution in [0.1, 0.15) is 45.1 Å². The Labute approximate surface area is 109 Å². The van der Waals surface area contributed by atoms with Gasteiger partial charge in [0.2, 0.25) is 0 Å². The number of amides is 1. The largest absolute Gasteiger partial charge is 0.392 e. The molecule has 0 bridgehead atoms. The van der Waals surface area contributed by atoms with E-state index in [0.717, 1.165) is 16.7 Å². The van der Waals surface area contributed by atoms with Crippen LogP contribution in [0.4, 0.5) is 0 Å². The summed E-state index contributed by atoms with van der Waals surface area (Å²) in [6.07, 6.45) is -0.526. The molecule has 0 aliphatic heterocycles. The Morgan fingerprint density at radius 2 is 1.39 bits per heavy atom. The van der Waals surface area contributed by atoms with E-state index in [1.165, 1.54) is 16.7 Å². The fourth-order valence-corrected chi connectivity index (χ4v) is 2.17. The van der Waals surface area contributed by atoms with Crippen molar-refractivity contribution in [2.45, 2.75) is 47.6 Å². The average molecular weight is 249 g/mol. The third kappa shape index (κ3) is 2.72. The van der Waals surface area contributed by atoms with Crippen molar-refractivity contribution in [1.29, 1.82) is 0 Å². The minimum absolute atomic E-state index is 0.0999. The van der Waals surface area contributed by atoms with E-state index in [9.17, 15) is 9.90 Å². The van der Waals surface area contributed by atoms with Gasteiger partial charge in [-0.05, 0) is 69.4 Å². The average Bonchev–Trinajstić information content (AvgIpc) is 2.31. The molecule has 100 valence electrons.